The van der Waals surface area contributed by atoms with Crippen LogP contribution < -0.4 is 0 Å². The molecule has 0 bridgehead atoms. The quantitative estimate of drug-likeness (QED) is 0.597. The Labute approximate surface area is 127 Å². The van der Waals surface area contributed by atoms with Gasteiger partial charge < -0.3 is 9.15 Å². The lowest BCUT2D eigenvalue weighted by Gasteiger charge is -2.07. The van der Waals surface area contributed by atoms with Crippen LogP contribution in [0.2, 0.25) is 0 Å². The van der Waals surface area contributed by atoms with E-state index in [1.54, 1.807) is 0 Å². The van der Waals surface area contributed by atoms with Crippen molar-refractivity contribution in [2.75, 3.05) is 12.9 Å². The van der Waals surface area contributed by atoms with Crippen LogP contribution in [0.25, 0.3) is 11.6 Å². The zero-order valence-corrected chi connectivity index (χ0v) is 13.3. The summed E-state index contributed by atoms with van der Waals surface area (Å²) in [6.07, 6.45) is 0. The van der Waals surface area contributed by atoms with Gasteiger partial charge in [0.1, 0.15) is 11.4 Å². The molecule has 0 radical (unpaired) electrons. The predicted octanol–water partition coefficient (Wildman–Crippen LogP) is 2.16. The zero-order chi connectivity index (χ0) is 15.4. The van der Waals surface area contributed by atoms with Gasteiger partial charge in [0.2, 0.25) is 0 Å². The highest BCUT2D eigenvalue weighted by atomic mass is 32.2. The van der Waals surface area contributed by atoms with E-state index in [-0.39, 0.29) is 11.7 Å². The monoisotopic (exact) mass is 310 g/mol. The van der Waals surface area contributed by atoms with E-state index in [1.807, 2.05) is 17.7 Å². The molecule has 0 aliphatic carbocycles. The molecule has 0 amide bonds. The summed E-state index contributed by atoms with van der Waals surface area (Å²) in [4.78, 5) is 11.1. The molecule has 0 unspecified atom stereocenters. The van der Waals surface area contributed by atoms with Crippen LogP contribution in [0.5, 0.6) is 0 Å². The Morgan fingerprint density at radius 2 is 2.24 bits per heavy atom. The molecule has 0 spiro atoms. The van der Waals surface area contributed by atoms with Crippen molar-refractivity contribution in [2.24, 2.45) is 5.92 Å². The average Bonchev–Trinajstić information content (AvgIpc) is 3.02. The van der Waals surface area contributed by atoms with Crippen molar-refractivity contribution in [1.29, 1.82) is 0 Å². The molecule has 0 saturated carbocycles. The summed E-state index contributed by atoms with van der Waals surface area (Å²) >= 11 is 1.15. The third-order valence-electron chi connectivity index (χ3n) is 2.61. The number of hydrogen-bond acceptors (Lipinski definition) is 7. The van der Waals surface area contributed by atoms with Gasteiger partial charge in [0.05, 0.1) is 12.8 Å². The third-order valence-corrected chi connectivity index (χ3v) is 3.40. The molecule has 21 heavy (non-hydrogen) atoms. The van der Waals surface area contributed by atoms with Crippen LogP contribution in [0, 0.1) is 12.8 Å². The molecule has 0 aromatic carbocycles. The summed E-state index contributed by atoms with van der Waals surface area (Å²) in [5, 5.41) is 12.7. The first-order valence-electron chi connectivity index (χ1n) is 6.57. The molecule has 0 atom stereocenters. The van der Waals surface area contributed by atoms with Gasteiger partial charge in [0.25, 0.3) is 11.1 Å². The number of rotatable bonds is 6. The Hall–Kier alpha value is -1.83. The molecule has 2 aromatic rings. The van der Waals surface area contributed by atoms with Crippen LogP contribution in [0.1, 0.15) is 19.5 Å². The number of thioether (sulfide) groups is 1. The van der Waals surface area contributed by atoms with Gasteiger partial charge in [-0.2, -0.15) is 5.10 Å². The van der Waals surface area contributed by atoms with E-state index >= 15 is 0 Å². The fourth-order valence-corrected chi connectivity index (χ4v) is 2.35. The molecule has 0 aliphatic rings. The van der Waals surface area contributed by atoms with E-state index in [9.17, 15) is 4.79 Å². The van der Waals surface area contributed by atoms with Gasteiger partial charge in [-0.05, 0) is 18.9 Å². The Balaban J connectivity index is 2.15. The van der Waals surface area contributed by atoms with Gasteiger partial charge in [-0.3, -0.25) is 9.48 Å². The largest absolute Gasteiger partial charge is 0.468 e. The normalized spacial score (nSPS) is 11.1. The summed E-state index contributed by atoms with van der Waals surface area (Å²) in [5.74, 6) is 0.672. The predicted molar refractivity (Wildman–Crippen MR) is 77.8 cm³/mol. The lowest BCUT2D eigenvalue weighted by molar-refractivity contribution is -0.137. The Morgan fingerprint density at radius 3 is 2.90 bits per heavy atom. The maximum Gasteiger partial charge on any atom is 0.316 e. The molecule has 2 heterocycles. The number of nitrogens with zero attached hydrogens (tertiary/aromatic N) is 4. The second kappa shape index (κ2) is 6.75. The van der Waals surface area contributed by atoms with Crippen LogP contribution in [0.3, 0.4) is 0 Å². The summed E-state index contributed by atoms with van der Waals surface area (Å²) < 4.78 is 12.0. The van der Waals surface area contributed by atoms with Crippen molar-refractivity contribution in [3.8, 4) is 11.6 Å². The van der Waals surface area contributed by atoms with Crippen molar-refractivity contribution in [2.45, 2.75) is 32.5 Å². The molecule has 8 heteroatoms. The minimum atomic E-state index is -0.333. The highest BCUT2D eigenvalue weighted by molar-refractivity contribution is 7.99. The van der Waals surface area contributed by atoms with Crippen LogP contribution in [-0.2, 0) is 16.1 Å². The van der Waals surface area contributed by atoms with Gasteiger partial charge >= 0.3 is 5.97 Å². The van der Waals surface area contributed by atoms with Crippen LogP contribution in [0.4, 0.5) is 0 Å². The van der Waals surface area contributed by atoms with Crippen molar-refractivity contribution < 1.29 is 13.9 Å². The topological polar surface area (TPSA) is 83.0 Å². The smallest absolute Gasteiger partial charge is 0.316 e. The Kier molecular flexibility index (Phi) is 5.00. The molecule has 114 valence electrons. The molecule has 0 fully saturated rings. The highest BCUT2D eigenvalue weighted by Crippen LogP contribution is 2.24. The zero-order valence-electron chi connectivity index (χ0n) is 12.5. The number of methoxy groups -OCH3 is 1. The summed E-state index contributed by atoms with van der Waals surface area (Å²) in [6.45, 7) is 6.93. The SMILES string of the molecule is COC(=O)CSc1nnc(-c2cc(C)nn2CC(C)C)o1. The van der Waals surface area contributed by atoms with E-state index in [1.165, 1.54) is 7.11 Å². The number of ether oxygens (including phenoxy) is 1. The van der Waals surface area contributed by atoms with Crippen LogP contribution in [0.15, 0.2) is 15.7 Å². The summed E-state index contributed by atoms with van der Waals surface area (Å²) in [6, 6.07) is 1.91. The minimum absolute atomic E-state index is 0.141. The van der Waals surface area contributed by atoms with Crippen molar-refractivity contribution in [1.82, 2.24) is 20.0 Å². The number of aromatic nitrogens is 4. The van der Waals surface area contributed by atoms with Gasteiger partial charge in [-0.25, -0.2) is 0 Å². The van der Waals surface area contributed by atoms with Crippen LogP contribution in [-0.4, -0.2) is 38.8 Å². The van der Waals surface area contributed by atoms with Crippen molar-refractivity contribution in [3.63, 3.8) is 0 Å². The van der Waals surface area contributed by atoms with Gasteiger partial charge in [0.15, 0.2) is 0 Å². The molecule has 0 saturated heterocycles. The summed E-state index contributed by atoms with van der Waals surface area (Å²) in [7, 11) is 1.34. The van der Waals surface area contributed by atoms with Crippen molar-refractivity contribution >= 4 is 17.7 Å². The molecule has 7 nitrogen and oxygen atoms in total. The number of esters is 1. The molecule has 0 N–H and O–H groups in total. The molecular formula is C13H18N4O3S. The second-order valence-electron chi connectivity index (χ2n) is 4.98. The molecular weight excluding hydrogens is 292 g/mol. The Morgan fingerprint density at radius 1 is 1.48 bits per heavy atom. The molecule has 0 aliphatic heterocycles. The molecule has 2 aromatic heterocycles. The first-order chi connectivity index (χ1) is 9.99. The van der Waals surface area contributed by atoms with Gasteiger partial charge in [0, 0.05) is 6.54 Å². The van der Waals surface area contributed by atoms with Gasteiger partial charge in [-0.1, -0.05) is 25.6 Å². The van der Waals surface area contributed by atoms with E-state index in [0.717, 1.165) is 29.7 Å². The van der Waals surface area contributed by atoms with Crippen LogP contribution >= 0.6 is 11.8 Å². The lowest BCUT2D eigenvalue weighted by atomic mass is 10.2. The number of aryl methyl sites for hydroxylation is 1. The minimum Gasteiger partial charge on any atom is -0.468 e. The standard InChI is InChI=1S/C13H18N4O3S/c1-8(2)6-17-10(5-9(3)16-17)12-14-15-13(20-12)21-7-11(18)19-4/h5,8H,6-7H2,1-4H3. The third kappa shape index (κ3) is 4.07. The Bertz CT molecular complexity index is 621. The maximum atomic E-state index is 11.1. The fourth-order valence-electron chi connectivity index (χ4n) is 1.75. The first-order valence-corrected chi connectivity index (χ1v) is 7.56. The number of hydrogen-bond donors (Lipinski definition) is 0. The fraction of sp³-hybridized carbons (Fsp3) is 0.538. The molecule has 2 rings (SSSR count). The van der Waals surface area contributed by atoms with E-state index in [4.69, 9.17) is 4.42 Å². The van der Waals surface area contributed by atoms with E-state index in [0.29, 0.717) is 17.0 Å². The first kappa shape index (κ1) is 15.6. The van der Waals surface area contributed by atoms with E-state index < -0.39 is 0 Å². The highest BCUT2D eigenvalue weighted by Gasteiger charge is 2.16. The second-order valence-corrected chi connectivity index (χ2v) is 5.91. The lowest BCUT2D eigenvalue weighted by Crippen LogP contribution is -2.07. The summed E-state index contributed by atoms with van der Waals surface area (Å²) in [5.41, 5.74) is 1.69. The van der Waals surface area contributed by atoms with Gasteiger partial charge in [-0.15, -0.1) is 10.2 Å². The van der Waals surface area contributed by atoms with E-state index in [2.05, 4.69) is 33.9 Å². The number of carbonyl (C=O) groups is 1. The average molecular weight is 310 g/mol. The van der Waals surface area contributed by atoms with Crippen molar-refractivity contribution in [3.05, 3.63) is 11.8 Å². The number of carbonyl (C=O) groups excluding carboxylic acids is 1. The maximum absolute atomic E-state index is 11.1.